The van der Waals surface area contributed by atoms with Crippen LogP contribution in [0.5, 0.6) is 5.75 Å². The number of benzene rings is 1. The monoisotopic (exact) mass is 420 g/mol. The van der Waals surface area contributed by atoms with Crippen LogP contribution in [0.4, 0.5) is 0 Å². The van der Waals surface area contributed by atoms with Crippen LogP contribution < -0.4 is 10.1 Å². The van der Waals surface area contributed by atoms with Crippen LogP contribution >= 0.6 is 11.3 Å². The van der Waals surface area contributed by atoms with E-state index in [-0.39, 0.29) is 11.9 Å². The molecular formula is C23H24N4O2S. The number of amides is 1. The molecule has 0 saturated carbocycles. The zero-order valence-electron chi connectivity index (χ0n) is 17.5. The highest BCUT2D eigenvalue weighted by Gasteiger charge is 2.20. The van der Waals surface area contributed by atoms with Gasteiger partial charge in [-0.25, -0.2) is 9.67 Å². The molecule has 1 N–H and O–H groups in total. The molecule has 4 aromatic rings. The molecule has 0 bridgehead atoms. The highest BCUT2D eigenvalue weighted by molar-refractivity contribution is 7.09. The third-order valence-corrected chi connectivity index (χ3v) is 5.93. The topological polar surface area (TPSA) is 69.0 Å². The van der Waals surface area contributed by atoms with E-state index in [9.17, 15) is 4.79 Å². The van der Waals surface area contributed by atoms with E-state index in [0.29, 0.717) is 17.8 Å². The number of ether oxygens (including phenoxy) is 1. The number of rotatable bonds is 6. The normalized spacial score (nSPS) is 12.1. The Morgan fingerprint density at radius 3 is 2.83 bits per heavy atom. The van der Waals surface area contributed by atoms with Gasteiger partial charge in [0.05, 0.1) is 36.8 Å². The molecule has 0 spiro atoms. The number of pyridine rings is 1. The van der Waals surface area contributed by atoms with Crippen LogP contribution in [0.25, 0.3) is 11.0 Å². The summed E-state index contributed by atoms with van der Waals surface area (Å²) in [4.78, 5) is 19.0. The molecule has 30 heavy (non-hydrogen) atoms. The summed E-state index contributed by atoms with van der Waals surface area (Å²) in [5, 5.41) is 10.4. The Balaban J connectivity index is 1.65. The second-order valence-electron chi connectivity index (χ2n) is 7.37. The average molecular weight is 421 g/mol. The van der Waals surface area contributed by atoms with E-state index in [4.69, 9.17) is 4.74 Å². The second-order valence-corrected chi connectivity index (χ2v) is 8.40. The van der Waals surface area contributed by atoms with Crippen LogP contribution in [0.1, 0.15) is 45.0 Å². The van der Waals surface area contributed by atoms with E-state index in [1.807, 2.05) is 61.2 Å². The van der Waals surface area contributed by atoms with E-state index in [2.05, 4.69) is 21.5 Å². The number of thiophene rings is 1. The molecule has 154 valence electrons. The second kappa shape index (κ2) is 8.28. The molecule has 3 aromatic heterocycles. The number of nitrogens with one attached hydrogen (secondary N) is 1. The van der Waals surface area contributed by atoms with Gasteiger partial charge in [0.2, 0.25) is 0 Å². The van der Waals surface area contributed by atoms with Crippen molar-refractivity contribution in [3.63, 3.8) is 0 Å². The SMILES string of the molecule is COc1ccc(C)cc1C(C)NC(=O)c1cc(C)nc2c1cnn2Cc1cccs1. The molecule has 7 heteroatoms. The van der Waals surface area contributed by atoms with Crippen LogP contribution in [-0.4, -0.2) is 27.8 Å². The Bertz CT molecular complexity index is 1200. The van der Waals surface area contributed by atoms with Gasteiger partial charge in [0, 0.05) is 16.1 Å². The zero-order chi connectivity index (χ0) is 21.3. The smallest absolute Gasteiger partial charge is 0.252 e. The first-order valence-electron chi connectivity index (χ1n) is 9.77. The van der Waals surface area contributed by atoms with Crippen molar-refractivity contribution in [1.82, 2.24) is 20.1 Å². The summed E-state index contributed by atoms with van der Waals surface area (Å²) >= 11 is 1.68. The highest BCUT2D eigenvalue weighted by atomic mass is 32.1. The predicted molar refractivity (Wildman–Crippen MR) is 119 cm³/mol. The standard InChI is InChI=1S/C23H24N4O2S/c1-14-7-8-21(29-4)18(10-14)16(3)26-23(28)19-11-15(2)25-22-20(19)12-24-27(22)13-17-6-5-9-30-17/h5-12,16H,13H2,1-4H3,(H,26,28). The predicted octanol–water partition coefficient (Wildman–Crippen LogP) is 4.66. The summed E-state index contributed by atoms with van der Waals surface area (Å²) in [5.41, 5.74) is 4.13. The Kier molecular flexibility index (Phi) is 5.55. The first kappa shape index (κ1) is 20.1. The molecule has 0 fully saturated rings. The Hall–Kier alpha value is -3.19. The fraction of sp³-hybridized carbons (Fsp3) is 0.261. The van der Waals surface area contributed by atoms with Crippen molar-refractivity contribution in [2.24, 2.45) is 0 Å². The molecule has 1 aromatic carbocycles. The lowest BCUT2D eigenvalue weighted by Crippen LogP contribution is -2.27. The maximum atomic E-state index is 13.2. The highest BCUT2D eigenvalue weighted by Crippen LogP contribution is 2.27. The van der Waals surface area contributed by atoms with Gasteiger partial charge >= 0.3 is 0 Å². The first-order valence-corrected chi connectivity index (χ1v) is 10.6. The molecule has 4 rings (SSSR count). The molecule has 0 aliphatic heterocycles. The van der Waals surface area contributed by atoms with Crippen molar-refractivity contribution in [1.29, 1.82) is 0 Å². The van der Waals surface area contributed by atoms with E-state index < -0.39 is 0 Å². The first-order chi connectivity index (χ1) is 14.5. The van der Waals surface area contributed by atoms with Crippen LogP contribution in [0.15, 0.2) is 48.0 Å². The summed E-state index contributed by atoms with van der Waals surface area (Å²) in [7, 11) is 1.64. The van der Waals surface area contributed by atoms with Crippen molar-refractivity contribution in [2.75, 3.05) is 7.11 Å². The maximum absolute atomic E-state index is 13.2. The van der Waals surface area contributed by atoms with E-state index in [1.165, 1.54) is 4.88 Å². The van der Waals surface area contributed by atoms with Crippen molar-refractivity contribution in [2.45, 2.75) is 33.4 Å². The zero-order valence-corrected chi connectivity index (χ0v) is 18.3. The van der Waals surface area contributed by atoms with E-state index in [0.717, 1.165) is 28.0 Å². The number of fused-ring (bicyclic) bond motifs is 1. The number of hydrogen-bond donors (Lipinski definition) is 1. The van der Waals surface area contributed by atoms with Crippen LogP contribution in [0.2, 0.25) is 0 Å². The van der Waals surface area contributed by atoms with Crippen molar-refractivity contribution < 1.29 is 9.53 Å². The Labute approximate surface area is 179 Å². The van der Waals surface area contributed by atoms with Gasteiger partial charge in [-0.1, -0.05) is 23.8 Å². The molecule has 0 aliphatic rings. The fourth-order valence-electron chi connectivity index (χ4n) is 3.57. The molecule has 1 unspecified atom stereocenters. The van der Waals surface area contributed by atoms with Crippen LogP contribution in [0.3, 0.4) is 0 Å². The molecule has 0 saturated heterocycles. The summed E-state index contributed by atoms with van der Waals surface area (Å²) in [5.74, 6) is 0.602. The summed E-state index contributed by atoms with van der Waals surface area (Å²) < 4.78 is 7.32. The van der Waals surface area contributed by atoms with Gasteiger partial charge in [-0.2, -0.15) is 5.10 Å². The lowest BCUT2D eigenvalue weighted by Gasteiger charge is -2.18. The van der Waals surface area contributed by atoms with Gasteiger partial charge in [-0.05, 0) is 44.4 Å². The average Bonchev–Trinajstić information content (AvgIpc) is 3.38. The van der Waals surface area contributed by atoms with Gasteiger partial charge < -0.3 is 10.1 Å². The molecule has 6 nitrogen and oxygen atoms in total. The third-order valence-electron chi connectivity index (χ3n) is 5.07. The number of aryl methyl sites for hydroxylation is 2. The minimum atomic E-state index is -0.211. The lowest BCUT2D eigenvalue weighted by molar-refractivity contribution is 0.0941. The minimum absolute atomic E-state index is 0.155. The van der Waals surface area contributed by atoms with Gasteiger partial charge in [-0.15, -0.1) is 11.3 Å². The fourth-order valence-corrected chi connectivity index (χ4v) is 4.26. The quantitative estimate of drug-likeness (QED) is 0.493. The number of carbonyl (C=O) groups excluding carboxylic acids is 1. The third kappa shape index (κ3) is 3.93. The van der Waals surface area contributed by atoms with E-state index in [1.54, 1.807) is 24.6 Å². The number of aromatic nitrogens is 3. The number of carbonyl (C=O) groups is 1. The Morgan fingerprint density at radius 2 is 2.10 bits per heavy atom. The summed E-state index contributed by atoms with van der Waals surface area (Å²) in [6, 6.07) is 11.6. The maximum Gasteiger partial charge on any atom is 0.252 e. The molecule has 1 amide bonds. The van der Waals surface area contributed by atoms with Gasteiger partial charge in [0.1, 0.15) is 5.75 Å². The van der Waals surface area contributed by atoms with Gasteiger partial charge in [0.25, 0.3) is 5.91 Å². The number of methoxy groups -OCH3 is 1. The molecule has 1 atom stereocenters. The summed E-state index contributed by atoms with van der Waals surface area (Å²) in [6.45, 7) is 6.51. The molecule has 3 heterocycles. The van der Waals surface area contributed by atoms with E-state index >= 15 is 0 Å². The number of hydrogen-bond acceptors (Lipinski definition) is 5. The molecule has 0 radical (unpaired) electrons. The lowest BCUT2D eigenvalue weighted by atomic mass is 10.0. The molecule has 0 aliphatic carbocycles. The van der Waals surface area contributed by atoms with Gasteiger partial charge in [-0.3, -0.25) is 4.79 Å². The van der Waals surface area contributed by atoms with Gasteiger partial charge in [0.15, 0.2) is 5.65 Å². The van der Waals surface area contributed by atoms with Crippen LogP contribution in [0, 0.1) is 13.8 Å². The molecular weight excluding hydrogens is 396 g/mol. The minimum Gasteiger partial charge on any atom is -0.496 e. The Morgan fingerprint density at radius 1 is 1.27 bits per heavy atom. The number of nitrogens with zero attached hydrogens (tertiary/aromatic N) is 3. The van der Waals surface area contributed by atoms with Crippen molar-refractivity contribution in [3.8, 4) is 5.75 Å². The van der Waals surface area contributed by atoms with Crippen molar-refractivity contribution in [3.05, 3.63) is 75.2 Å². The van der Waals surface area contributed by atoms with Crippen LogP contribution in [-0.2, 0) is 6.54 Å². The largest absolute Gasteiger partial charge is 0.496 e. The van der Waals surface area contributed by atoms with Crippen molar-refractivity contribution >= 4 is 28.3 Å². The summed E-state index contributed by atoms with van der Waals surface area (Å²) in [6.07, 6.45) is 1.72.